The zero-order valence-corrected chi connectivity index (χ0v) is 15.2. The fourth-order valence-corrected chi connectivity index (χ4v) is 4.26. The Bertz CT molecular complexity index is 698. The number of hydrogen-bond acceptors (Lipinski definition) is 3. The monoisotopic (exact) mass is 342 g/mol. The smallest absolute Gasteiger partial charge is 0.235 e. The number of para-hydroxylation sites is 1. The van der Waals surface area contributed by atoms with E-state index in [0.29, 0.717) is 13.0 Å². The molecule has 1 saturated carbocycles. The molecular weight excluding hydrogens is 316 g/mol. The molecular formula is C20H26N2O3. The van der Waals surface area contributed by atoms with Gasteiger partial charge in [0.05, 0.1) is 5.41 Å². The molecule has 3 amide bonds. The lowest BCUT2D eigenvalue weighted by atomic mass is 9.62. The first-order chi connectivity index (χ1) is 11.8. The summed E-state index contributed by atoms with van der Waals surface area (Å²) in [5.41, 5.74) is -0.00910. The van der Waals surface area contributed by atoms with Gasteiger partial charge in [0.1, 0.15) is 0 Å². The molecule has 5 nitrogen and oxygen atoms in total. The summed E-state index contributed by atoms with van der Waals surface area (Å²) in [5.74, 6) is -0.320. The van der Waals surface area contributed by atoms with Crippen molar-refractivity contribution in [3.8, 4) is 0 Å². The van der Waals surface area contributed by atoms with Crippen LogP contribution in [0.4, 0.5) is 5.69 Å². The summed E-state index contributed by atoms with van der Waals surface area (Å²) in [6, 6.07) is 9.27. The number of nitrogens with one attached hydrogen (secondary N) is 1. The van der Waals surface area contributed by atoms with Crippen molar-refractivity contribution in [2.45, 2.75) is 46.5 Å². The lowest BCUT2D eigenvalue weighted by Gasteiger charge is -2.47. The molecule has 2 aliphatic rings. The van der Waals surface area contributed by atoms with Gasteiger partial charge in [-0.1, -0.05) is 39.0 Å². The van der Waals surface area contributed by atoms with Gasteiger partial charge in [-0.15, -0.1) is 0 Å². The quantitative estimate of drug-likeness (QED) is 0.836. The van der Waals surface area contributed by atoms with Crippen LogP contribution in [-0.4, -0.2) is 29.2 Å². The summed E-state index contributed by atoms with van der Waals surface area (Å²) in [6.45, 7) is 6.37. The summed E-state index contributed by atoms with van der Waals surface area (Å²) in [7, 11) is 0. The van der Waals surface area contributed by atoms with Gasteiger partial charge >= 0.3 is 0 Å². The molecule has 0 spiro atoms. The van der Waals surface area contributed by atoms with Crippen molar-refractivity contribution in [3.05, 3.63) is 30.3 Å². The third-order valence-electron chi connectivity index (χ3n) is 6.35. The third kappa shape index (κ3) is 2.86. The molecule has 1 aromatic rings. The second-order valence-corrected chi connectivity index (χ2v) is 7.96. The van der Waals surface area contributed by atoms with E-state index >= 15 is 0 Å². The van der Waals surface area contributed by atoms with Crippen LogP contribution in [-0.2, 0) is 14.4 Å². The van der Waals surface area contributed by atoms with Crippen LogP contribution in [0, 0.1) is 16.7 Å². The largest absolute Gasteiger partial charge is 0.326 e. The van der Waals surface area contributed by atoms with Crippen molar-refractivity contribution in [2.24, 2.45) is 16.7 Å². The number of amides is 3. The van der Waals surface area contributed by atoms with Crippen molar-refractivity contribution < 1.29 is 14.4 Å². The Morgan fingerprint density at radius 1 is 1.20 bits per heavy atom. The van der Waals surface area contributed by atoms with E-state index < -0.39 is 5.41 Å². The molecule has 1 saturated heterocycles. The fraction of sp³-hybridized carbons (Fsp3) is 0.550. The highest BCUT2D eigenvalue weighted by atomic mass is 16.2. The van der Waals surface area contributed by atoms with Gasteiger partial charge in [-0.3, -0.25) is 19.3 Å². The van der Waals surface area contributed by atoms with Gasteiger partial charge in [0.2, 0.25) is 17.7 Å². The van der Waals surface area contributed by atoms with E-state index in [0.717, 1.165) is 18.5 Å². The van der Waals surface area contributed by atoms with Gasteiger partial charge in [0, 0.05) is 24.6 Å². The summed E-state index contributed by atoms with van der Waals surface area (Å²) in [4.78, 5) is 39.1. The number of imide groups is 1. The van der Waals surface area contributed by atoms with Gasteiger partial charge in [-0.05, 0) is 36.8 Å². The molecule has 1 aromatic carbocycles. The molecule has 1 aliphatic heterocycles. The highest BCUT2D eigenvalue weighted by Crippen LogP contribution is 2.60. The summed E-state index contributed by atoms with van der Waals surface area (Å²) >= 11 is 0. The molecule has 2 bridgehead atoms. The number of anilines is 1. The predicted molar refractivity (Wildman–Crippen MR) is 95.6 cm³/mol. The minimum atomic E-state index is -0.474. The topological polar surface area (TPSA) is 66.5 Å². The Kier molecular flexibility index (Phi) is 4.43. The summed E-state index contributed by atoms with van der Waals surface area (Å²) in [6.07, 6.45) is 2.31. The van der Waals surface area contributed by atoms with Crippen molar-refractivity contribution in [1.29, 1.82) is 0 Å². The Morgan fingerprint density at radius 3 is 2.56 bits per heavy atom. The van der Waals surface area contributed by atoms with E-state index in [9.17, 15) is 14.4 Å². The lowest BCUT2D eigenvalue weighted by molar-refractivity contribution is -0.168. The number of likely N-dealkylation sites (tertiary alicyclic amines) is 1. The maximum Gasteiger partial charge on any atom is 0.235 e. The third-order valence-corrected chi connectivity index (χ3v) is 6.35. The van der Waals surface area contributed by atoms with Gasteiger partial charge in [0.25, 0.3) is 0 Å². The fourth-order valence-electron chi connectivity index (χ4n) is 4.26. The number of benzene rings is 1. The van der Waals surface area contributed by atoms with Gasteiger partial charge in [0.15, 0.2) is 0 Å². The number of nitrogens with zero attached hydrogens (tertiary/aromatic N) is 1. The SMILES string of the molecule is CC12CCC(C(=O)N(CCCC(=O)Nc3ccccc3)C1=O)C2(C)C. The molecule has 25 heavy (non-hydrogen) atoms. The van der Waals surface area contributed by atoms with Crippen LogP contribution < -0.4 is 5.32 Å². The Balaban J connectivity index is 1.58. The molecule has 2 fully saturated rings. The van der Waals surface area contributed by atoms with E-state index in [2.05, 4.69) is 5.32 Å². The van der Waals surface area contributed by atoms with E-state index in [-0.39, 0.29) is 35.5 Å². The highest BCUT2D eigenvalue weighted by Gasteiger charge is 2.64. The first-order valence-electron chi connectivity index (χ1n) is 8.98. The maximum absolute atomic E-state index is 12.9. The van der Waals surface area contributed by atoms with E-state index in [1.165, 1.54) is 4.90 Å². The molecule has 2 unspecified atom stereocenters. The summed E-state index contributed by atoms with van der Waals surface area (Å²) < 4.78 is 0. The van der Waals surface area contributed by atoms with Gasteiger partial charge in [-0.25, -0.2) is 0 Å². The molecule has 2 atom stereocenters. The zero-order chi connectivity index (χ0) is 18.2. The minimum absolute atomic E-state index is 0.0616. The second-order valence-electron chi connectivity index (χ2n) is 7.96. The maximum atomic E-state index is 12.9. The van der Waals surface area contributed by atoms with Crippen LogP contribution in [0.1, 0.15) is 46.5 Å². The Morgan fingerprint density at radius 2 is 1.88 bits per heavy atom. The Hall–Kier alpha value is -2.17. The number of carbonyl (C=O) groups is 3. The van der Waals surface area contributed by atoms with Crippen LogP contribution in [0.2, 0.25) is 0 Å². The first kappa shape index (κ1) is 17.6. The normalized spacial score (nSPS) is 27.5. The minimum Gasteiger partial charge on any atom is -0.326 e. The standard InChI is InChI=1S/C20H26N2O3/c1-19(2)15-11-12-20(19,3)18(25)22(17(15)24)13-7-10-16(23)21-14-8-5-4-6-9-14/h4-6,8-9,15H,7,10-13H2,1-3H3,(H,21,23). The molecule has 0 radical (unpaired) electrons. The average Bonchev–Trinajstić information content (AvgIpc) is 2.76. The van der Waals surface area contributed by atoms with Crippen molar-refractivity contribution in [2.75, 3.05) is 11.9 Å². The van der Waals surface area contributed by atoms with E-state index in [1.54, 1.807) is 0 Å². The summed E-state index contributed by atoms with van der Waals surface area (Å²) in [5, 5.41) is 2.83. The van der Waals surface area contributed by atoms with Crippen molar-refractivity contribution in [3.63, 3.8) is 0 Å². The number of hydrogen-bond donors (Lipinski definition) is 1. The number of fused-ring (bicyclic) bond motifs is 2. The number of carbonyl (C=O) groups excluding carboxylic acids is 3. The molecule has 5 heteroatoms. The van der Waals surface area contributed by atoms with E-state index in [1.807, 2.05) is 51.1 Å². The Labute approximate surface area is 148 Å². The van der Waals surface area contributed by atoms with Crippen molar-refractivity contribution in [1.82, 2.24) is 4.90 Å². The highest BCUT2D eigenvalue weighted by molar-refractivity contribution is 6.03. The number of piperidine rings is 1. The molecule has 1 N–H and O–H groups in total. The first-order valence-corrected chi connectivity index (χ1v) is 8.98. The van der Waals surface area contributed by atoms with Gasteiger partial charge < -0.3 is 5.32 Å². The van der Waals surface area contributed by atoms with Gasteiger partial charge in [-0.2, -0.15) is 0 Å². The molecule has 1 heterocycles. The van der Waals surface area contributed by atoms with Crippen LogP contribution in [0.15, 0.2) is 30.3 Å². The second kappa shape index (κ2) is 6.28. The number of rotatable bonds is 5. The lowest BCUT2D eigenvalue weighted by Crippen LogP contribution is -2.59. The molecule has 0 aromatic heterocycles. The molecule has 1 aliphatic carbocycles. The van der Waals surface area contributed by atoms with Crippen LogP contribution in [0.25, 0.3) is 0 Å². The van der Waals surface area contributed by atoms with Crippen LogP contribution in [0.3, 0.4) is 0 Å². The van der Waals surface area contributed by atoms with Crippen molar-refractivity contribution >= 4 is 23.4 Å². The average molecular weight is 342 g/mol. The zero-order valence-electron chi connectivity index (χ0n) is 15.2. The predicted octanol–water partition coefficient (Wildman–Crippen LogP) is 3.22. The van der Waals surface area contributed by atoms with Crippen LogP contribution >= 0.6 is 0 Å². The van der Waals surface area contributed by atoms with E-state index in [4.69, 9.17) is 0 Å². The molecule has 3 rings (SSSR count). The van der Waals surface area contributed by atoms with Crippen LogP contribution in [0.5, 0.6) is 0 Å². The molecule has 134 valence electrons.